The number of hydrogen-bond donors (Lipinski definition) is 0. The molecule has 3 aromatic rings. The lowest BCUT2D eigenvalue weighted by Gasteiger charge is -2.25. The van der Waals surface area contributed by atoms with Crippen LogP contribution in [0.1, 0.15) is 5.82 Å². The number of morpholine rings is 1. The predicted molar refractivity (Wildman–Crippen MR) is 80.1 cm³/mol. The predicted octanol–water partition coefficient (Wildman–Crippen LogP) is 1.82. The van der Waals surface area contributed by atoms with Crippen molar-refractivity contribution in [2.24, 2.45) is 0 Å². The van der Waals surface area contributed by atoms with Gasteiger partial charge in [0.25, 0.3) is 0 Å². The second-order valence-electron chi connectivity index (χ2n) is 5.12. The molecular formula is C14H14FN5OS. The van der Waals surface area contributed by atoms with Crippen molar-refractivity contribution in [3.8, 4) is 10.6 Å². The molecule has 1 aliphatic heterocycles. The molecule has 0 saturated carbocycles. The minimum absolute atomic E-state index is 0.267. The average Bonchev–Trinajstić information content (AvgIpc) is 3.11. The molecule has 0 spiro atoms. The Balaban J connectivity index is 1.64. The summed E-state index contributed by atoms with van der Waals surface area (Å²) in [6.07, 6.45) is 0. The number of benzene rings is 1. The third-order valence-electron chi connectivity index (χ3n) is 3.60. The molecule has 0 amide bonds. The standard InChI is InChI=1S/C14H14FN5OS/c15-11-3-1-2-10(8-11)13-18-20-12(16-17-14(20)22-13)9-19-4-6-21-7-5-19/h1-3,8H,4-7,9H2. The van der Waals surface area contributed by atoms with Crippen molar-refractivity contribution in [2.45, 2.75) is 6.54 Å². The lowest BCUT2D eigenvalue weighted by molar-refractivity contribution is 0.0328. The molecule has 0 radical (unpaired) electrons. The number of hydrogen-bond acceptors (Lipinski definition) is 6. The molecule has 1 aliphatic rings. The van der Waals surface area contributed by atoms with Gasteiger partial charge in [-0.2, -0.15) is 9.61 Å². The summed E-state index contributed by atoms with van der Waals surface area (Å²) in [6.45, 7) is 3.95. The normalized spacial score (nSPS) is 16.4. The van der Waals surface area contributed by atoms with Crippen LogP contribution in [0.25, 0.3) is 15.5 Å². The van der Waals surface area contributed by atoms with Crippen molar-refractivity contribution < 1.29 is 9.13 Å². The van der Waals surface area contributed by atoms with Crippen molar-refractivity contribution in [1.29, 1.82) is 0 Å². The number of halogens is 1. The quantitative estimate of drug-likeness (QED) is 0.737. The van der Waals surface area contributed by atoms with Crippen LogP contribution in [0.5, 0.6) is 0 Å². The van der Waals surface area contributed by atoms with Gasteiger partial charge in [0.1, 0.15) is 10.8 Å². The van der Waals surface area contributed by atoms with E-state index in [1.54, 1.807) is 10.6 Å². The number of ether oxygens (including phenoxy) is 1. The number of fused-ring (bicyclic) bond motifs is 1. The van der Waals surface area contributed by atoms with Gasteiger partial charge in [0.05, 0.1) is 19.8 Å². The van der Waals surface area contributed by atoms with Crippen molar-refractivity contribution >= 4 is 16.3 Å². The van der Waals surface area contributed by atoms with Gasteiger partial charge in [-0.15, -0.1) is 10.2 Å². The van der Waals surface area contributed by atoms with Crippen molar-refractivity contribution in [3.63, 3.8) is 0 Å². The first kappa shape index (κ1) is 13.7. The number of aromatic nitrogens is 4. The minimum Gasteiger partial charge on any atom is -0.379 e. The molecule has 0 aliphatic carbocycles. The first-order valence-corrected chi connectivity index (χ1v) is 7.88. The lowest BCUT2D eigenvalue weighted by atomic mass is 10.2. The van der Waals surface area contributed by atoms with Gasteiger partial charge in [-0.05, 0) is 12.1 Å². The molecule has 0 unspecified atom stereocenters. The molecule has 0 atom stereocenters. The van der Waals surface area contributed by atoms with Crippen molar-refractivity contribution in [1.82, 2.24) is 24.7 Å². The van der Waals surface area contributed by atoms with Crippen LogP contribution in [0.3, 0.4) is 0 Å². The molecule has 1 fully saturated rings. The zero-order chi connectivity index (χ0) is 14.9. The minimum atomic E-state index is -0.267. The summed E-state index contributed by atoms with van der Waals surface area (Å²) >= 11 is 1.41. The largest absolute Gasteiger partial charge is 0.379 e. The Kier molecular flexibility index (Phi) is 3.57. The number of nitrogens with zero attached hydrogens (tertiary/aromatic N) is 5. The van der Waals surface area contributed by atoms with E-state index in [-0.39, 0.29) is 5.82 Å². The molecule has 6 nitrogen and oxygen atoms in total. The monoisotopic (exact) mass is 319 g/mol. The topological polar surface area (TPSA) is 55.5 Å². The van der Waals surface area contributed by atoms with Crippen molar-refractivity contribution in [2.75, 3.05) is 26.3 Å². The highest BCUT2D eigenvalue weighted by Crippen LogP contribution is 2.26. The Morgan fingerprint density at radius 2 is 2.09 bits per heavy atom. The molecule has 22 heavy (non-hydrogen) atoms. The summed E-state index contributed by atoms with van der Waals surface area (Å²) in [5.41, 5.74) is 0.757. The first-order valence-electron chi connectivity index (χ1n) is 7.07. The second-order valence-corrected chi connectivity index (χ2v) is 6.07. The van der Waals surface area contributed by atoms with E-state index in [2.05, 4.69) is 20.2 Å². The third kappa shape index (κ3) is 2.60. The van der Waals surface area contributed by atoms with E-state index in [1.165, 1.54) is 23.5 Å². The fourth-order valence-corrected chi connectivity index (χ4v) is 3.31. The molecule has 1 saturated heterocycles. The molecule has 3 heterocycles. The Morgan fingerprint density at radius 3 is 2.91 bits per heavy atom. The zero-order valence-electron chi connectivity index (χ0n) is 11.8. The van der Waals surface area contributed by atoms with Gasteiger partial charge >= 0.3 is 0 Å². The fraction of sp³-hybridized carbons (Fsp3) is 0.357. The summed E-state index contributed by atoms with van der Waals surface area (Å²) in [7, 11) is 0. The van der Waals surface area contributed by atoms with Crippen molar-refractivity contribution in [3.05, 3.63) is 35.9 Å². The highest BCUT2D eigenvalue weighted by molar-refractivity contribution is 7.19. The van der Waals surface area contributed by atoms with Crippen LogP contribution in [0.2, 0.25) is 0 Å². The van der Waals surface area contributed by atoms with Gasteiger partial charge in [0, 0.05) is 18.7 Å². The summed E-state index contributed by atoms with van der Waals surface area (Å²) in [5, 5.41) is 13.7. The van der Waals surface area contributed by atoms with Crippen LogP contribution >= 0.6 is 11.3 Å². The SMILES string of the molecule is Fc1cccc(-c2nn3c(CN4CCOCC4)nnc3s2)c1. The van der Waals surface area contributed by atoms with Crippen LogP contribution in [-0.2, 0) is 11.3 Å². The van der Waals surface area contributed by atoms with E-state index in [1.807, 2.05) is 6.07 Å². The maximum atomic E-state index is 13.3. The first-order chi connectivity index (χ1) is 10.8. The van der Waals surface area contributed by atoms with Gasteiger partial charge in [0.15, 0.2) is 5.82 Å². The smallest absolute Gasteiger partial charge is 0.235 e. The highest BCUT2D eigenvalue weighted by Gasteiger charge is 2.17. The maximum Gasteiger partial charge on any atom is 0.235 e. The Bertz CT molecular complexity index is 795. The molecule has 0 N–H and O–H groups in total. The summed E-state index contributed by atoms with van der Waals surface area (Å²) < 4.78 is 20.4. The average molecular weight is 319 g/mol. The molecule has 4 rings (SSSR count). The maximum absolute atomic E-state index is 13.3. The molecule has 1 aromatic carbocycles. The second kappa shape index (κ2) is 5.71. The molecule has 8 heteroatoms. The molecule has 2 aromatic heterocycles. The fourth-order valence-electron chi connectivity index (χ4n) is 2.45. The van der Waals surface area contributed by atoms with Crippen LogP contribution < -0.4 is 0 Å². The van der Waals surface area contributed by atoms with Crippen LogP contribution in [-0.4, -0.2) is 51.0 Å². The van der Waals surface area contributed by atoms with Gasteiger partial charge in [-0.25, -0.2) is 4.39 Å². The lowest BCUT2D eigenvalue weighted by Crippen LogP contribution is -2.36. The summed E-state index contributed by atoms with van der Waals surface area (Å²) in [4.78, 5) is 2.99. The Labute approximate surface area is 130 Å². The van der Waals surface area contributed by atoms with E-state index in [4.69, 9.17) is 4.74 Å². The zero-order valence-corrected chi connectivity index (χ0v) is 12.6. The summed E-state index contributed by atoms with van der Waals surface area (Å²) in [5.74, 6) is 0.535. The van der Waals surface area contributed by atoms with Gasteiger partial charge in [0.2, 0.25) is 4.96 Å². The molecule has 0 bridgehead atoms. The van der Waals surface area contributed by atoms with Crippen LogP contribution in [0.4, 0.5) is 4.39 Å². The Morgan fingerprint density at radius 1 is 1.23 bits per heavy atom. The van der Waals surface area contributed by atoms with Gasteiger partial charge in [-0.3, -0.25) is 4.90 Å². The van der Waals surface area contributed by atoms with Gasteiger partial charge < -0.3 is 4.74 Å². The van der Waals surface area contributed by atoms with Crippen LogP contribution in [0, 0.1) is 5.82 Å². The third-order valence-corrected chi connectivity index (χ3v) is 4.54. The number of rotatable bonds is 3. The van der Waals surface area contributed by atoms with E-state index in [0.29, 0.717) is 6.54 Å². The Hall–Kier alpha value is -1.90. The highest BCUT2D eigenvalue weighted by atomic mass is 32.1. The van der Waals surface area contributed by atoms with E-state index >= 15 is 0 Å². The van der Waals surface area contributed by atoms with E-state index < -0.39 is 0 Å². The van der Waals surface area contributed by atoms with E-state index in [0.717, 1.165) is 47.7 Å². The molecular weight excluding hydrogens is 305 g/mol. The van der Waals surface area contributed by atoms with Crippen LogP contribution in [0.15, 0.2) is 24.3 Å². The van der Waals surface area contributed by atoms with Gasteiger partial charge in [-0.1, -0.05) is 23.5 Å². The molecule has 114 valence electrons. The summed E-state index contributed by atoms with van der Waals surface area (Å²) in [6, 6.07) is 6.43. The van der Waals surface area contributed by atoms with E-state index in [9.17, 15) is 4.39 Å².